The van der Waals surface area contributed by atoms with E-state index >= 15 is 0 Å². The fourth-order valence-corrected chi connectivity index (χ4v) is 8.71. The standard InChI is InChI=1S/C38H54O3/c1-5-6-7-10-28-11-8-13-31(23-28)38(21-22-38)36(41)19-14-26(2)33-17-18-34-29(12-9-20-37(33,34)4)15-16-30-24-32(39)25-35(40)27(30)3/h8,11,13-16,19,23,26,32-36,39-41H,3,5-7,9-10,12,17-18,20-22,24-25H2,1-2,4H3/t26-,32-,33-,34+,35+,36-,37-/m1/s1. The molecule has 1 aromatic rings. The minimum Gasteiger partial charge on any atom is -0.393 e. The Balaban J connectivity index is 1.26. The summed E-state index contributed by atoms with van der Waals surface area (Å²) in [5.41, 5.74) is 6.19. The molecule has 0 spiro atoms. The smallest absolute Gasteiger partial charge is 0.0817 e. The number of rotatable bonds is 10. The van der Waals surface area contributed by atoms with Crippen LogP contribution < -0.4 is 0 Å². The molecule has 3 heteroatoms. The number of benzene rings is 1. The molecule has 4 fully saturated rings. The summed E-state index contributed by atoms with van der Waals surface area (Å²) in [6.45, 7) is 11.2. The first-order chi connectivity index (χ1) is 19.7. The lowest BCUT2D eigenvalue weighted by atomic mass is 9.61. The van der Waals surface area contributed by atoms with E-state index in [1.54, 1.807) is 0 Å². The van der Waals surface area contributed by atoms with Crippen molar-refractivity contribution in [1.82, 2.24) is 0 Å². The van der Waals surface area contributed by atoms with Crippen molar-refractivity contribution in [2.45, 2.75) is 128 Å². The second-order valence-corrected chi connectivity index (χ2v) is 14.2. The minimum absolute atomic E-state index is 0.0996. The van der Waals surface area contributed by atoms with E-state index in [1.165, 1.54) is 61.6 Å². The molecule has 0 aliphatic heterocycles. The van der Waals surface area contributed by atoms with Crippen LogP contribution in [0.3, 0.4) is 0 Å². The van der Waals surface area contributed by atoms with Gasteiger partial charge in [0.15, 0.2) is 0 Å². The van der Waals surface area contributed by atoms with Crippen LogP contribution in [0.15, 0.2) is 71.9 Å². The first-order valence-corrected chi connectivity index (χ1v) is 16.6. The predicted molar refractivity (Wildman–Crippen MR) is 170 cm³/mol. The SMILES string of the molecule is C=C1C(=CC=C2CCC[C@]3(C)[C@@H]([C@H](C)C=C[C@@H](O)C4(c5cccc(CCCCC)c5)CC4)CC[C@@H]23)C[C@@H](O)C[C@@H]1O. The highest BCUT2D eigenvalue weighted by Crippen LogP contribution is 2.60. The van der Waals surface area contributed by atoms with Crippen LogP contribution in [-0.2, 0) is 11.8 Å². The summed E-state index contributed by atoms with van der Waals surface area (Å²) in [6, 6.07) is 9.03. The Bertz CT molecular complexity index is 1170. The number of fused-ring (bicyclic) bond motifs is 1. The van der Waals surface area contributed by atoms with Gasteiger partial charge in [-0.05, 0) is 110 Å². The summed E-state index contributed by atoms with van der Waals surface area (Å²) in [4.78, 5) is 0. The van der Waals surface area contributed by atoms with E-state index in [9.17, 15) is 15.3 Å². The molecule has 4 aliphatic rings. The third-order valence-electron chi connectivity index (χ3n) is 11.5. The van der Waals surface area contributed by atoms with Gasteiger partial charge in [-0.2, -0.15) is 0 Å². The number of hydrogen-bond donors (Lipinski definition) is 3. The van der Waals surface area contributed by atoms with Gasteiger partial charge in [-0.25, -0.2) is 0 Å². The third-order valence-corrected chi connectivity index (χ3v) is 11.5. The second-order valence-electron chi connectivity index (χ2n) is 14.2. The van der Waals surface area contributed by atoms with Gasteiger partial charge in [0.1, 0.15) is 0 Å². The third kappa shape index (κ3) is 6.38. The molecule has 7 atom stereocenters. The second kappa shape index (κ2) is 12.7. The Kier molecular flexibility index (Phi) is 9.48. The van der Waals surface area contributed by atoms with Crippen LogP contribution in [0.5, 0.6) is 0 Å². The maximum Gasteiger partial charge on any atom is 0.0817 e. The number of aliphatic hydroxyl groups is 3. The highest BCUT2D eigenvalue weighted by molar-refractivity contribution is 5.39. The highest BCUT2D eigenvalue weighted by atomic mass is 16.3. The first kappa shape index (κ1) is 30.5. The summed E-state index contributed by atoms with van der Waals surface area (Å²) < 4.78 is 0. The van der Waals surface area contributed by atoms with Crippen LogP contribution in [0, 0.1) is 23.2 Å². The van der Waals surface area contributed by atoms with Gasteiger partial charge in [0.25, 0.3) is 0 Å². The van der Waals surface area contributed by atoms with Crippen LogP contribution in [-0.4, -0.2) is 33.6 Å². The highest BCUT2D eigenvalue weighted by Gasteiger charge is 2.51. The molecule has 3 N–H and O–H groups in total. The molecule has 0 aromatic heterocycles. The summed E-state index contributed by atoms with van der Waals surface area (Å²) in [5.74, 6) is 1.62. The molecule has 0 heterocycles. The zero-order valence-corrected chi connectivity index (χ0v) is 25.8. The largest absolute Gasteiger partial charge is 0.393 e. The summed E-state index contributed by atoms with van der Waals surface area (Å²) in [7, 11) is 0. The molecule has 3 nitrogen and oxygen atoms in total. The number of aryl methyl sites for hydroxylation is 1. The van der Waals surface area contributed by atoms with E-state index < -0.39 is 18.3 Å². The molecular weight excluding hydrogens is 504 g/mol. The minimum atomic E-state index is -0.636. The van der Waals surface area contributed by atoms with Crippen molar-refractivity contribution in [3.05, 3.63) is 83.0 Å². The molecule has 4 aliphatic carbocycles. The molecule has 1 aromatic carbocycles. The monoisotopic (exact) mass is 558 g/mol. The molecule has 224 valence electrons. The molecule has 4 saturated carbocycles. The van der Waals surface area contributed by atoms with Crippen molar-refractivity contribution in [3.63, 3.8) is 0 Å². The quantitative estimate of drug-likeness (QED) is 0.201. The van der Waals surface area contributed by atoms with E-state index in [0.29, 0.717) is 30.6 Å². The summed E-state index contributed by atoms with van der Waals surface area (Å²) in [6.07, 6.45) is 21.4. The fourth-order valence-electron chi connectivity index (χ4n) is 8.71. The lowest BCUT2D eigenvalue weighted by molar-refractivity contribution is 0.0862. The maximum absolute atomic E-state index is 11.4. The van der Waals surface area contributed by atoms with Crippen LogP contribution in [0.4, 0.5) is 0 Å². The molecule has 0 bridgehead atoms. The predicted octanol–water partition coefficient (Wildman–Crippen LogP) is 8.15. The van der Waals surface area contributed by atoms with Gasteiger partial charge in [0.2, 0.25) is 0 Å². The molecular formula is C38H54O3. The zero-order chi connectivity index (χ0) is 29.2. The maximum atomic E-state index is 11.4. The summed E-state index contributed by atoms with van der Waals surface area (Å²) >= 11 is 0. The Morgan fingerprint density at radius 1 is 1.07 bits per heavy atom. The van der Waals surface area contributed by atoms with Crippen molar-refractivity contribution in [2.75, 3.05) is 0 Å². The van der Waals surface area contributed by atoms with Crippen molar-refractivity contribution in [2.24, 2.45) is 23.2 Å². The van der Waals surface area contributed by atoms with Crippen LogP contribution in [0.2, 0.25) is 0 Å². The lowest BCUT2D eigenvalue weighted by Gasteiger charge is -2.44. The van der Waals surface area contributed by atoms with Gasteiger partial charge in [-0.1, -0.05) is 94.3 Å². The normalized spacial score (nSPS) is 34.7. The average Bonchev–Trinajstić information content (AvgIpc) is 3.69. The average molecular weight is 559 g/mol. The van der Waals surface area contributed by atoms with Crippen molar-refractivity contribution < 1.29 is 15.3 Å². The van der Waals surface area contributed by atoms with E-state index in [-0.39, 0.29) is 10.8 Å². The van der Waals surface area contributed by atoms with Gasteiger partial charge in [-0.15, -0.1) is 0 Å². The van der Waals surface area contributed by atoms with E-state index in [2.05, 4.69) is 75.9 Å². The van der Waals surface area contributed by atoms with Crippen LogP contribution >= 0.6 is 0 Å². The van der Waals surface area contributed by atoms with E-state index in [0.717, 1.165) is 36.8 Å². The fraction of sp³-hybridized carbons (Fsp3) is 0.632. The van der Waals surface area contributed by atoms with Crippen molar-refractivity contribution in [3.8, 4) is 0 Å². The van der Waals surface area contributed by atoms with Gasteiger partial charge < -0.3 is 15.3 Å². The van der Waals surface area contributed by atoms with Crippen molar-refractivity contribution in [1.29, 1.82) is 0 Å². The Morgan fingerprint density at radius 2 is 1.88 bits per heavy atom. The number of aliphatic hydroxyl groups excluding tert-OH is 3. The lowest BCUT2D eigenvalue weighted by Crippen LogP contribution is -2.35. The number of allylic oxidation sites excluding steroid dienone is 4. The Hall–Kier alpha value is -1.94. The molecule has 0 saturated heterocycles. The Morgan fingerprint density at radius 3 is 2.63 bits per heavy atom. The van der Waals surface area contributed by atoms with Gasteiger partial charge in [-0.3, -0.25) is 0 Å². The van der Waals surface area contributed by atoms with Crippen molar-refractivity contribution >= 4 is 0 Å². The zero-order valence-electron chi connectivity index (χ0n) is 25.8. The molecule has 41 heavy (non-hydrogen) atoms. The van der Waals surface area contributed by atoms with E-state index in [1.807, 2.05) is 0 Å². The number of hydrogen-bond acceptors (Lipinski definition) is 3. The topological polar surface area (TPSA) is 60.7 Å². The van der Waals surface area contributed by atoms with Crippen LogP contribution in [0.1, 0.15) is 109 Å². The number of unbranched alkanes of at least 4 members (excludes halogenated alkanes) is 2. The van der Waals surface area contributed by atoms with Gasteiger partial charge >= 0.3 is 0 Å². The molecule has 5 rings (SSSR count). The van der Waals surface area contributed by atoms with Gasteiger partial charge in [0, 0.05) is 11.8 Å². The first-order valence-electron chi connectivity index (χ1n) is 16.6. The molecule has 0 amide bonds. The molecule has 0 unspecified atom stereocenters. The van der Waals surface area contributed by atoms with E-state index in [4.69, 9.17) is 0 Å². The molecule has 0 radical (unpaired) electrons. The van der Waals surface area contributed by atoms with Crippen LogP contribution in [0.25, 0.3) is 0 Å². The van der Waals surface area contributed by atoms with Gasteiger partial charge in [0.05, 0.1) is 18.3 Å². The summed E-state index contributed by atoms with van der Waals surface area (Å²) in [5, 5.41) is 31.9. The Labute approximate surface area is 249 Å².